The molecule has 1 aromatic carbocycles. The third-order valence-corrected chi connectivity index (χ3v) is 3.90. The van der Waals surface area contributed by atoms with E-state index in [4.69, 9.17) is 29.0 Å². The number of hydrazine groups is 1. The molecule has 0 radical (unpaired) electrons. The van der Waals surface area contributed by atoms with Crippen LogP contribution < -0.4 is 11.3 Å². The smallest absolute Gasteiger partial charge is 0.276 e. The van der Waals surface area contributed by atoms with Gasteiger partial charge in [0.05, 0.1) is 10.0 Å². The van der Waals surface area contributed by atoms with Crippen molar-refractivity contribution in [1.82, 2.24) is 5.43 Å². The molecule has 3 nitrogen and oxygen atoms in total. The minimum absolute atomic E-state index is 0.351. The summed E-state index contributed by atoms with van der Waals surface area (Å²) in [7, 11) is 0. The first-order chi connectivity index (χ1) is 7.15. The first kappa shape index (κ1) is 10.7. The zero-order valence-corrected chi connectivity index (χ0v) is 9.71. The van der Waals surface area contributed by atoms with Gasteiger partial charge in [-0.1, -0.05) is 29.3 Å². The maximum atomic E-state index is 11.4. The molecule has 0 fully saturated rings. The van der Waals surface area contributed by atoms with Crippen molar-refractivity contribution in [1.29, 1.82) is 0 Å². The van der Waals surface area contributed by atoms with Crippen molar-refractivity contribution in [3.63, 3.8) is 0 Å². The molecule has 0 spiro atoms. The number of nitrogen functional groups attached to an aromatic ring is 1. The minimum Gasteiger partial charge on any atom is -0.289 e. The standard InChI is InChI=1S/C9H6Cl2N2OS/c10-4-2-1-3-5-6(4)7(11)8(15-5)9(14)13-12/h1-3H,12H2,(H,13,14). The lowest BCUT2D eigenvalue weighted by atomic mass is 10.2. The zero-order valence-electron chi connectivity index (χ0n) is 7.38. The van der Waals surface area contributed by atoms with Gasteiger partial charge in [0.2, 0.25) is 0 Å². The first-order valence-electron chi connectivity index (χ1n) is 4.02. The van der Waals surface area contributed by atoms with Crippen LogP contribution in [0.25, 0.3) is 10.1 Å². The number of rotatable bonds is 1. The number of fused-ring (bicyclic) bond motifs is 1. The van der Waals surface area contributed by atoms with Crippen molar-refractivity contribution in [2.24, 2.45) is 5.84 Å². The monoisotopic (exact) mass is 260 g/mol. The molecule has 1 amide bonds. The molecule has 1 aromatic heterocycles. The van der Waals surface area contributed by atoms with Gasteiger partial charge in [0.15, 0.2) is 0 Å². The molecule has 0 aliphatic heterocycles. The quantitative estimate of drug-likeness (QED) is 0.471. The summed E-state index contributed by atoms with van der Waals surface area (Å²) < 4.78 is 0.867. The summed E-state index contributed by atoms with van der Waals surface area (Å²) in [6.07, 6.45) is 0. The van der Waals surface area contributed by atoms with E-state index in [1.165, 1.54) is 11.3 Å². The second-order valence-corrected chi connectivity index (χ2v) is 4.67. The number of hydrogen-bond donors (Lipinski definition) is 2. The highest BCUT2D eigenvalue weighted by Crippen LogP contribution is 2.39. The number of carbonyl (C=O) groups is 1. The Labute approximate surface area is 99.7 Å². The van der Waals surface area contributed by atoms with Gasteiger partial charge in [-0.3, -0.25) is 10.2 Å². The highest BCUT2D eigenvalue weighted by atomic mass is 35.5. The molecule has 15 heavy (non-hydrogen) atoms. The zero-order chi connectivity index (χ0) is 11.0. The summed E-state index contributed by atoms with van der Waals surface area (Å²) in [6.45, 7) is 0. The molecule has 3 N–H and O–H groups in total. The number of benzene rings is 1. The van der Waals surface area contributed by atoms with Crippen LogP contribution in [0.4, 0.5) is 0 Å². The normalized spacial score (nSPS) is 10.6. The van der Waals surface area contributed by atoms with Crippen LogP contribution in [0.15, 0.2) is 18.2 Å². The lowest BCUT2D eigenvalue weighted by Gasteiger charge is -1.95. The van der Waals surface area contributed by atoms with Crippen molar-refractivity contribution < 1.29 is 4.79 Å². The average Bonchev–Trinajstić information content (AvgIpc) is 2.56. The summed E-state index contributed by atoms with van der Waals surface area (Å²) in [6, 6.07) is 5.39. The SMILES string of the molecule is NNC(=O)c1sc2cccc(Cl)c2c1Cl. The van der Waals surface area contributed by atoms with Crippen LogP contribution in [-0.4, -0.2) is 5.91 Å². The van der Waals surface area contributed by atoms with Gasteiger partial charge >= 0.3 is 0 Å². The van der Waals surface area contributed by atoms with Gasteiger partial charge in [-0.15, -0.1) is 11.3 Å². The molecule has 0 saturated carbocycles. The fourth-order valence-corrected chi connectivity index (χ4v) is 3.14. The van der Waals surface area contributed by atoms with E-state index in [9.17, 15) is 4.79 Å². The lowest BCUT2D eigenvalue weighted by Crippen LogP contribution is -2.29. The van der Waals surface area contributed by atoms with Crippen molar-refractivity contribution in [2.75, 3.05) is 0 Å². The van der Waals surface area contributed by atoms with Gasteiger partial charge in [0, 0.05) is 10.1 Å². The molecule has 0 unspecified atom stereocenters. The Kier molecular flexibility index (Phi) is 2.84. The van der Waals surface area contributed by atoms with Crippen molar-refractivity contribution in [2.45, 2.75) is 0 Å². The Morgan fingerprint density at radius 1 is 1.40 bits per heavy atom. The van der Waals surface area contributed by atoms with Crippen molar-refractivity contribution in [3.8, 4) is 0 Å². The van der Waals surface area contributed by atoms with Crippen LogP contribution in [0, 0.1) is 0 Å². The Balaban J connectivity index is 2.75. The van der Waals surface area contributed by atoms with Crippen LogP contribution in [0.5, 0.6) is 0 Å². The third-order valence-electron chi connectivity index (χ3n) is 1.94. The van der Waals surface area contributed by atoms with E-state index < -0.39 is 5.91 Å². The minimum atomic E-state index is -0.405. The molecule has 2 rings (SSSR count). The third kappa shape index (κ3) is 1.70. The number of nitrogens with one attached hydrogen (secondary N) is 1. The van der Waals surface area contributed by atoms with Gasteiger partial charge in [0.1, 0.15) is 4.88 Å². The second kappa shape index (κ2) is 3.98. The van der Waals surface area contributed by atoms with Crippen LogP contribution in [0.2, 0.25) is 10.0 Å². The topological polar surface area (TPSA) is 55.1 Å². The van der Waals surface area contributed by atoms with E-state index in [1.54, 1.807) is 6.07 Å². The van der Waals surface area contributed by atoms with Gasteiger partial charge < -0.3 is 0 Å². The summed E-state index contributed by atoms with van der Waals surface area (Å²) in [5, 5.41) is 1.58. The van der Waals surface area contributed by atoms with E-state index in [0.717, 1.165) is 4.70 Å². The Morgan fingerprint density at radius 3 is 2.73 bits per heavy atom. The molecule has 78 valence electrons. The van der Waals surface area contributed by atoms with Crippen molar-refractivity contribution >= 4 is 50.5 Å². The van der Waals surface area contributed by atoms with E-state index in [2.05, 4.69) is 0 Å². The summed E-state index contributed by atoms with van der Waals surface area (Å²) in [5.41, 5.74) is 2.05. The average molecular weight is 261 g/mol. The van der Waals surface area contributed by atoms with E-state index in [1.807, 2.05) is 17.6 Å². The fourth-order valence-electron chi connectivity index (χ4n) is 1.28. The number of amides is 1. The van der Waals surface area contributed by atoms with Crippen LogP contribution in [0.1, 0.15) is 9.67 Å². The number of carbonyl (C=O) groups excluding carboxylic acids is 1. The summed E-state index contributed by atoms with van der Waals surface area (Å²) in [4.78, 5) is 11.7. The Hall–Kier alpha value is -0.810. The number of hydrogen-bond acceptors (Lipinski definition) is 3. The second-order valence-electron chi connectivity index (χ2n) is 2.83. The van der Waals surface area contributed by atoms with Gasteiger partial charge in [-0.2, -0.15) is 0 Å². The molecular weight excluding hydrogens is 255 g/mol. The van der Waals surface area contributed by atoms with Gasteiger partial charge in [-0.25, -0.2) is 5.84 Å². The lowest BCUT2D eigenvalue weighted by molar-refractivity contribution is 0.0958. The number of nitrogens with two attached hydrogens (primary N) is 1. The Morgan fingerprint density at radius 2 is 2.13 bits per heavy atom. The molecule has 0 bridgehead atoms. The molecule has 0 saturated heterocycles. The highest BCUT2D eigenvalue weighted by Gasteiger charge is 2.17. The summed E-state index contributed by atoms with van der Waals surface area (Å²) >= 11 is 13.3. The maximum Gasteiger partial charge on any atom is 0.276 e. The van der Waals surface area contributed by atoms with Gasteiger partial charge in [0.25, 0.3) is 5.91 Å². The molecule has 0 atom stereocenters. The molecule has 0 aliphatic carbocycles. The first-order valence-corrected chi connectivity index (χ1v) is 5.60. The van der Waals surface area contributed by atoms with Crippen LogP contribution in [0.3, 0.4) is 0 Å². The highest BCUT2D eigenvalue weighted by molar-refractivity contribution is 7.21. The molecular formula is C9H6Cl2N2OS. The van der Waals surface area contributed by atoms with Crippen molar-refractivity contribution in [3.05, 3.63) is 33.1 Å². The fraction of sp³-hybridized carbons (Fsp3) is 0. The van der Waals surface area contributed by atoms with E-state index >= 15 is 0 Å². The predicted octanol–water partition coefficient (Wildman–Crippen LogP) is 2.81. The van der Waals surface area contributed by atoms with Crippen LogP contribution in [-0.2, 0) is 0 Å². The molecule has 6 heteroatoms. The maximum absolute atomic E-state index is 11.4. The van der Waals surface area contributed by atoms with Gasteiger partial charge in [-0.05, 0) is 12.1 Å². The summed E-state index contributed by atoms with van der Waals surface area (Å²) in [5.74, 6) is 4.64. The predicted molar refractivity (Wildman–Crippen MR) is 63.5 cm³/mol. The van der Waals surface area contributed by atoms with E-state index in [-0.39, 0.29) is 0 Å². The Bertz CT molecular complexity index is 538. The molecule has 2 aromatic rings. The van der Waals surface area contributed by atoms with Crippen LogP contribution >= 0.6 is 34.5 Å². The van der Waals surface area contributed by atoms with E-state index in [0.29, 0.717) is 20.3 Å². The molecule has 1 heterocycles. The number of thiophene rings is 1. The largest absolute Gasteiger partial charge is 0.289 e. The number of halogens is 2. The molecule has 0 aliphatic rings.